The number of hydrogen-bond acceptors (Lipinski definition) is 4. The van der Waals surface area contributed by atoms with Crippen LogP contribution in [-0.2, 0) is 12.8 Å². The smallest absolute Gasteiger partial charge is 0.264 e. The van der Waals surface area contributed by atoms with Crippen LogP contribution in [0.4, 0.5) is 0 Å². The lowest BCUT2D eigenvalue weighted by atomic mass is 9.87. The minimum absolute atomic E-state index is 0.0245. The van der Waals surface area contributed by atoms with E-state index in [0.29, 0.717) is 15.8 Å². The van der Waals surface area contributed by atoms with E-state index in [0.717, 1.165) is 39.0 Å². The normalized spacial score (nSPS) is 20.7. The number of rotatable bonds is 3. The molecule has 1 atom stereocenters. The van der Waals surface area contributed by atoms with Crippen LogP contribution in [0.15, 0.2) is 36.4 Å². The fourth-order valence-electron chi connectivity index (χ4n) is 4.08. The average molecular weight is 369 g/mol. The summed E-state index contributed by atoms with van der Waals surface area (Å²) >= 11 is 1.31. The monoisotopic (exact) mass is 368 g/mol. The Kier molecular flexibility index (Phi) is 4.92. The highest BCUT2D eigenvalue weighted by Gasteiger charge is 2.29. The molecule has 0 bridgehead atoms. The molecular weight excluding hydrogens is 344 g/mol. The maximum absolute atomic E-state index is 12.7. The number of Topliss-reactive ketones (excluding diaryl/α,β-unsaturated/α-hetero) is 1. The number of ketones is 1. The van der Waals surface area contributed by atoms with Gasteiger partial charge in [-0.25, -0.2) is 0 Å². The van der Waals surface area contributed by atoms with Gasteiger partial charge in [0.05, 0.1) is 9.75 Å². The number of hydrogen-bond donors (Lipinski definition) is 0. The Morgan fingerprint density at radius 3 is 2.35 bits per heavy atom. The van der Waals surface area contributed by atoms with Gasteiger partial charge in [-0.15, -0.1) is 11.3 Å². The molecule has 2 aliphatic rings. The first-order valence-electron chi connectivity index (χ1n) is 9.32. The average Bonchev–Trinajstić information content (AvgIpc) is 3.18. The number of amides is 1. The maximum Gasteiger partial charge on any atom is 0.264 e. The van der Waals surface area contributed by atoms with E-state index in [1.165, 1.54) is 28.9 Å². The number of nitrogens with zero attached hydrogens (tertiary/aromatic N) is 2. The van der Waals surface area contributed by atoms with Gasteiger partial charge in [0.15, 0.2) is 5.78 Å². The first-order valence-corrected chi connectivity index (χ1v) is 10.1. The first-order chi connectivity index (χ1) is 12.6. The Bertz CT molecular complexity index is 821. The molecule has 1 aromatic carbocycles. The molecule has 0 saturated carbocycles. The van der Waals surface area contributed by atoms with Gasteiger partial charge in [-0.05, 0) is 49.4 Å². The lowest BCUT2D eigenvalue weighted by Crippen LogP contribution is -2.53. The summed E-state index contributed by atoms with van der Waals surface area (Å²) in [6.07, 6.45) is 3.48. The molecule has 2 heterocycles. The third-order valence-corrected chi connectivity index (χ3v) is 6.78. The van der Waals surface area contributed by atoms with Gasteiger partial charge >= 0.3 is 0 Å². The van der Waals surface area contributed by atoms with Crippen molar-refractivity contribution in [2.45, 2.75) is 32.2 Å². The molecule has 1 amide bonds. The Morgan fingerprint density at radius 2 is 1.65 bits per heavy atom. The molecular formula is C21H24N2O2S. The molecule has 1 aliphatic heterocycles. The fraction of sp³-hybridized carbons (Fsp3) is 0.429. The molecule has 1 fully saturated rings. The van der Waals surface area contributed by atoms with Gasteiger partial charge in [-0.2, -0.15) is 0 Å². The highest BCUT2D eigenvalue weighted by atomic mass is 32.1. The number of fused-ring (bicyclic) bond motifs is 1. The van der Waals surface area contributed by atoms with Crippen LogP contribution in [0.5, 0.6) is 0 Å². The van der Waals surface area contributed by atoms with E-state index in [-0.39, 0.29) is 11.7 Å². The molecule has 4 rings (SSSR count). The number of aryl methyl sites for hydroxylation is 1. The van der Waals surface area contributed by atoms with E-state index < -0.39 is 0 Å². The van der Waals surface area contributed by atoms with Crippen molar-refractivity contribution in [2.24, 2.45) is 0 Å². The van der Waals surface area contributed by atoms with E-state index in [9.17, 15) is 9.59 Å². The van der Waals surface area contributed by atoms with Crippen LogP contribution >= 0.6 is 11.3 Å². The summed E-state index contributed by atoms with van der Waals surface area (Å²) in [7, 11) is 0. The first kappa shape index (κ1) is 17.4. The number of carbonyl (C=O) groups is 2. The summed E-state index contributed by atoms with van der Waals surface area (Å²) in [6.45, 7) is 4.95. The van der Waals surface area contributed by atoms with Crippen molar-refractivity contribution in [3.63, 3.8) is 0 Å². The second-order valence-electron chi connectivity index (χ2n) is 7.21. The summed E-state index contributed by atoms with van der Waals surface area (Å²) in [4.78, 5) is 30.0. The molecule has 2 aromatic rings. The molecule has 0 spiro atoms. The summed E-state index contributed by atoms with van der Waals surface area (Å²) in [5, 5.41) is 0. The molecule has 0 N–H and O–H groups in total. The van der Waals surface area contributed by atoms with Gasteiger partial charge in [0.25, 0.3) is 5.91 Å². The van der Waals surface area contributed by atoms with Crippen LogP contribution in [0.1, 0.15) is 43.8 Å². The Hall–Kier alpha value is -1.98. The molecule has 26 heavy (non-hydrogen) atoms. The van der Waals surface area contributed by atoms with Gasteiger partial charge in [0.1, 0.15) is 0 Å². The highest BCUT2D eigenvalue weighted by Crippen LogP contribution is 2.26. The van der Waals surface area contributed by atoms with E-state index in [2.05, 4.69) is 29.2 Å². The van der Waals surface area contributed by atoms with Crippen molar-refractivity contribution in [3.8, 4) is 0 Å². The van der Waals surface area contributed by atoms with Crippen LogP contribution in [0.2, 0.25) is 0 Å². The lowest BCUT2D eigenvalue weighted by Gasteiger charge is -2.41. The van der Waals surface area contributed by atoms with Crippen LogP contribution in [-0.4, -0.2) is 53.7 Å². The van der Waals surface area contributed by atoms with Crippen molar-refractivity contribution < 1.29 is 9.59 Å². The second-order valence-corrected chi connectivity index (χ2v) is 8.30. The number of carbonyl (C=O) groups excluding carboxylic acids is 2. The molecule has 1 aromatic heterocycles. The van der Waals surface area contributed by atoms with Gasteiger partial charge in [0.2, 0.25) is 0 Å². The van der Waals surface area contributed by atoms with Crippen molar-refractivity contribution >= 4 is 23.0 Å². The fourth-order valence-corrected chi connectivity index (χ4v) is 4.95. The largest absolute Gasteiger partial charge is 0.335 e. The maximum atomic E-state index is 12.7. The third-order valence-electron chi connectivity index (χ3n) is 5.60. The molecule has 1 aliphatic carbocycles. The van der Waals surface area contributed by atoms with Gasteiger partial charge in [0, 0.05) is 32.2 Å². The molecule has 4 nitrogen and oxygen atoms in total. The summed E-state index contributed by atoms with van der Waals surface area (Å²) in [5.74, 6) is 0.0904. The number of thiophene rings is 1. The SMILES string of the molecule is CC(=O)c1ccc(C(=O)N2CCN([C@H]3CCc4ccccc4C3)CC2)s1. The standard InChI is InChI=1S/C21H24N2O2S/c1-15(24)19-8-9-20(26-19)21(25)23-12-10-22(11-13-23)18-7-6-16-4-2-3-5-17(16)14-18/h2-5,8-9,18H,6-7,10-14H2,1H3/t18-/m0/s1. The molecule has 1 saturated heterocycles. The predicted octanol–water partition coefficient (Wildman–Crippen LogP) is 3.27. The van der Waals surface area contributed by atoms with Crippen molar-refractivity contribution in [3.05, 3.63) is 57.3 Å². The molecule has 0 unspecified atom stereocenters. The quantitative estimate of drug-likeness (QED) is 0.781. The summed E-state index contributed by atoms with van der Waals surface area (Å²) < 4.78 is 0. The van der Waals surface area contributed by atoms with Crippen molar-refractivity contribution in [1.82, 2.24) is 9.80 Å². The van der Waals surface area contributed by atoms with Gasteiger partial charge in [-0.3, -0.25) is 14.5 Å². The molecule has 5 heteroatoms. The van der Waals surface area contributed by atoms with Crippen LogP contribution < -0.4 is 0 Å². The third kappa shape index (κ3) is 3.46. The van der Waals surface area contributed by atoms with E-state index in [4.69, 9.17) is 0 Å². The van der Waals surface area contributed by atoms with Gasteiger partial charge in [-0.1, -0.05) is 24.3 Å². The molecule has 0 radical (unpaired) electrons. The Labute approximate surface area is 158 Å². The highest BCUT2D eigenvalue weighted by molar-refractivity contribution is 7.15. The summed E-state index contributed by atoms with van der Waals surface area (Å²) in [6, 6.07) is 12.9. The summed E-state index contributed by atoms with van der Waals surface area (Å²) in [5.41, 5.74) is 2.98. The van der Waals surface area contributed by atoms with Crippen LogP contribution in [0, 0.1) is 0 Å². The topological polar surface area (TPSA) is 40.6 Å². The molecule has 136 valence electrons. The van der Waals surface area contributed by atoms with E-state index in [1.807, 2.05) is 4.90 Å². The minimum atomic E-state index is 0.0245. The predicted molar refractivity (Wildman–Crippen MR) is 104 cm³/mol. The minimum Gasteiger partial charge on any atom is -0.335 e. The number of piperazine rings is 1. The zero-order valence-corrected chi connectivity index (χ0v) is 15.9. The second kappa shape index (κ2) is 7.33. The number of benzene rings is 1. The van der Waals surface area contributed by atoms with Crippen LogP contribution in [0.25, 0.3) is 0 Å². The van der Waals surface area contributed by atoms with Crippen molar-refractivity contribution in [1.29, 1.82) is 0 Å². The lowest BCUT2D eigenvalue weighted by molar-refractivity contribution is 0.0557. The Morgan fingerprint density at radius 1 is 0.962 bits per heavy atom. The van der Waals surface area contributed by atoms with E-state index >= 15 is 0 Å². The van der Waals surface area contributed by atoms with Gasteiger partial charge < -0.3 is 4.90 Å². The van der Waals surface area contributed by atoms with Crippen molar-refractivity contribution in [2.75, 3.05) is 26.2 Å². The zero-order valence-electron chi connectivity index (χ0n) is 15.1. The van der Waals surface area contributed by atoms with Crippen LogP contribution in [0.3, 0.4) is 0 Å². The van der Waals surface area contributed by atoms with E-state index in [1.54, 1.807) is 19.1 Å². The zero-order chi connectivity index (χ0) is 18.1. The Balaban J connectivity index is 1.35.